The minimum absolute atomic E-state index is 0.142. The molecule has 156 valence electrons. The Labute approximate surface area is 192 Å². The second-order valence-electron chi connectivity index (χ2n) is 6.94. The van der Waals surface area contributed by atoms with Crippen LogP contribution in [0.1, 0.15) is 29.3 Å². The molecule has 2 heterocycles. The number of carbonyl (C=O) groups excluding carboxylic acids is 2. The fourth-order valence-electron chi connectivity index (χ4n) is 3.13. The summed E-state index contributed by atoms with van der Waals surface area (Å²) >= 11 is 4.76. The second kappa shape index (κ2) is 8.56. The van der Waals surface area contributed by atoms with Crippen LogP contribution in [0, 0.1) is 13.8 Å². The van der Waals surface area contributed by atoms with Gasteiger partial charge in [0.05, 0.1) is 16.9 Å². The second-order valence-corrected chi connectivity index (χ2v) is 8.64. The van der Waals surface area contributed by atoms with Gasteiger partial charge in [-0.3, -0.25) is 9.69 Å². The Morgan fingerprint density at radius 2 is 1.94 bits per heavy atom. The summed E-state index contributed by atoms with van der Waals surface area (Å²) in [7, 11) is 0. The number of esters is 1. The van der Waals surface area contributed by atoms with Gasteiger partial charge in [-0.2, -0.15) is 0 Å². The Kier molecular flexibility index (Phi) is 5.84. The number of hydrogen-bond acceptors (Lipinski definition) is 6. The monoisotopic (exact) mass is 495 g/mol. The van der Waals surface area contributed by atoms with Crippen molar-refractivity contribution in [1.82, 2.24) is 4.98 Å². The molecule has 2 aromatic carbocycles. The maximum Gasteiger partial charge on any atom is 0.363 e. The molecular weight excluding hydrogens is 478 g/mol. The molecule has 0 saturated heterocycles. The normalized spacial score (nSPS) is 14.5. The molecule has 3 aromatic rings. The lowest BCUT2D eigenvalue weighted by Gasteiger charge is -2.21. The first kappa shape index (κ1) is 21.1. The predicted molar refractivity (Wildman–Crippen MR) is 126 cm³/mol. The van der Waals surface area contributed by atoms with E-state index < -0.39 is 5.97 Å². The molecule has 8 heteroatoms. The Bertz CT molecular complexity index is 1260. The van der Waals surface area contributed by atoms with E-state index in [2.05, 4.69) is 25.9 Å². The molecule has 1 aromatic heterocycles. The van der Waals surface area contributed by atoms with Crippen molar-refractivity contribution in [3.8, 4) is 0 Å². The summed E-state index contributed by atoms with van der Waals surface area (Å²) in [5.74, 6) is -0.449. The number of rotatable bonds is 4. The smallest absolute Gasteiger partial charge is 0.363 e. The first-order chi connectivity index (χ1) is 14.8. The fraction of sp³-hybridized carbons (Fsp3) is 0.130. The minimum atomic E-state index is -0.543. The quantitative estimate of drug-likeness (QED) is 0.351. The molecule has 0 spiro atoms. The van der Waals surface area contributed by atoms with E-state index in [0.717, 1.165) is 21.3 Å². The third kappa shape index (κ3) is 4.22. The number of cyclic esters (lactones) is 1. The van der Waals surface area contributed by atoms with E-state index in [9.17, 15) is 9.59 Å². The lowest BCUT2D eigenvalue weighted by molar-refractivity contribution is -0.130. The number of aliphatic imine (C=N–C) groups is 1. The Hall–Kier alpha value is -3.10. The molecule has 0 radical (unpaired) electrons. The van der Waals surface area contributed by atoms with Crippen molar-refractivity contribution in [1.29, 1.82) is 0 Å². The molecule has 0 aliphatic carbocycles. The fourth-order valence-corrected chi connectivity index (χ4v) is 4.42. The van der Waals surface area contributed by atoms with Crippen molar-refractivity contribution in [2.45, 2.75) is 20.8 Å². The third-order valence-corrected chi connectivity index (χ3v) is 6.38. The lowest BCUT2D eigenvalue weighted by Crippen LogP contribution is -2.23. The SMILES string of the molecule is CC(=O)N(c1nc(/C=C2/N=C(c3ccccc3Br)OC2=O)cs1)c1cccc(C)c1C. The Morgan fingerprint density at radius 1 is 1.16 bits per heavy atom. The summed E-state index contributed by atoms with van der Waals surface area (Å²) in [5.41, 5.74) is 4.26. The molecule has 0 unspecified atom stereocenters. The molecule has 0 N–H and O–H groups in total. The van der Waals surface area contributed by atoms with Crippen LogP contribution in [0.2, 0.25) is 0 Å². The molecule has 1 aliphatic rings. The number of benzene rings is 2. The van der Waals surface area contributed by atoms with Crippen LogP contribution in [0.4, 0.5) is 10.8 Å². The van der Waals surface area contributed by atoms with Crippen LogP contribution in [0.25, 0.3) is 6.08 Å². The number of hydrogen-bond donors (Lipinski definition) is 0. The summed E-state index contributed by atoms with van der Waals surface area (Å²) in [5, 5.41) is 2.30. The van der Waals surface area contributed by atoms with Crippen molar-refractivity contribution in [2.75, 3.05) is 4.90 Å². The zero-order chi connectivity index (χ0) is 22.1. The number of anilines is 2. The number of thiazole rings is 1. The van der Waals surface area contributed by atoms with Gasteiger partial charge in [-0.1, -0.05) is 24.3 Å². The standard InChI is InChI=1S/C23H18BrN3O3S/c1-13-7-6-10-20(14(13)2)27(15(3)28)23-25-16(12-31-23)11-19-22(29)30-21(26-19)17-8-4-5-9-18(17)24/h4-12H,1-3H3/b19-11+. The summed E-state index contributed by atoms with van der Waals surface area (Å²) in [6, 6.07) is 13.2. The molecule has 0 bridgehead atoms. The van der Waals surface area contributed by atoms with Crippen molar-refractivity contribution in [2.24, 2.45) is 4.99 Å². The summed E-state index contributed by atoms with van der Waals surface area (Å²) < 4.78 is 6.11. The number of amides is 1. The maximum atomic E-state index is 12.4. The first-order valence-electron chi connectivity index (χ1n) is 9.45. The lowest BCUT2D eigenvalue weighted by atomic mass is 10.1. The van der Waals surface area contributed by atoms with Crippen molar-refractivity contribution in [3.05, 3.63) is 80.4 Å². The largest absolute Gasteiger partial charge is 0.402 e. The Morgan fingerprint density at radius 3 is 2.68 bits per heavy atom. The van der Waals surface area contributed by atoms with E-state index in [1.807, 2.05) is 56.3 Å². The van der Waals surface area contributed by atoms with Gasteiger partial charge >= 0.3 is 5.97 Å². The highest BCUT2D eigenvalue weighted by Gasteiger charge is 2.26. The number of aryl methyl sites for hydroxylation is 1. The predicted octanol–water partition coefficient (Wildman–Crippen LogP) is 5.55. The van der Waals surface area contributed by atoms with Gasteiger partial charge in [0.15, 0.2) is 10.8 Å². The Balaban J connectivity index is 1.67. The number of nitrogens with zero attached hydrogens (tertiary/aromatic N) is 3. The molecule has 1 amide bonds. The molecular formula is C23H18BrN3O3S. The molecule has 1 aliphatic heterocycles. The molecule has 31 heavy (non-hydrogen) atoms. The highest BCUT2D eigenvalue weighted by Crippen LogP contribution is 2.33. The number of carbonyl (C=O) groups is 2. The van der Waals surface area contributed by atoms with Gasteiger partial charge in [-0.15, -0.1) is 11.3 Å². The summed E-state index contributed by atoms with van der Waals surface area (Å²) in [6.45, 7) is 5.48. The van der Waals surface area contributed by atoms with Gasteiger partial charge in [0.25, 0.3) is 0 Å². The van der Waals surface area contributed by atoms with Gasteiger partial charge in [0.1, 0.15) is 0 Å². The number of halogens is 1. The number of aromatic nitrogens is 1. The summed E-state index contributed by atoms with van der Waals surface area (Å²) in [6.07, 6.45) is 1.56. The number of ether oxygens (including phenoxy) is 1. The van der Waals surface area contributed by atoms with E-state index in [1.165, 1.54) is 18.3 Å². The highest BCUT2D eigenvalue weighted by molar-refractivity contribution is 9.10. The van der Waals surface area contributed by atoms with Crippen LogP contribution in [0.15, 0.2) is 63.0 Å². The zero-order valence-corrected chi connectivity index (χ0v) is 19.5. The van der Waals surface area contributed by atoms with E-state index in [0.29, 0.717) is 16.4 Å². The first-order valence-corrected chi connectivity index (χ1v) is 11.1. The van der Waals surface area contributed by atoms with Crippen molar-refractivity contribution < 1.29 is 14.3 Å². The topological polar surface area (TPSA) is 71.9 Å². The van der Waals surface area contributed by atoms with Crippen LogP contribution in [-0.4, -0.2) is 22.8 Å². The summed E-state index contributed by atoms with van der Waals surface area (Å²) in [4.78, 5) is 35.2. The van der Waals surface area contributed by atoms with Gasteiger partial charge in [0, 0.05) is 16.8 Å². The van der Waals surface area contributed by atoms with Crippen LogP contribution in [-0.2, 0) is 14.3 Å². The van der Waals surface area contributed by atoms with Crippen LogP contribution in [0.3, 0.4) is 0 Å². The molecule has 0 saturated carbocycles. The third-order valence-electron chi connectivity index (χ3n) is 4.84. The van der Waals surface area contributed by atoms with E-state index >= 15 is 0 Å². The van der Waals surface area contributed by atoms with E-state index in [-0.39, 0.29) is 17.5 Å². The average Bonchev–Trinajstić information content (AvgIpc) is 3.33. The van der Waals surface area contributed by atoms with E-state index in [1.54, 1.807) is 16.4 Å². The van der Waals surface area contributed by atoms with Crippen molar-refractivity contribution >= 4 is 61.9 Å². The van der Waals surface area contributed by atoms with Crippen molar-refractivity contribution in [3.63, 3.8) is 0 Å². The molecule has 4 rings (SSSR count). The highest BCUT2D eigenvalue weighted by atomic mass is 79.9. The van der Waals surface area contributed by atoms with Crippen LogP contribution < -0.4 is 4.90 Å². The van der Waals surface area contributed by atoms with Crippen LogP contribution >= 0.6 is 27.3 Å². The zero-order valence-electron chi connectivity index (χ0n) is 17.0. The van der Waals surface area contributed by atoms with E-state index in [4.69, 9.17) is 4.74 Å². The molecule has 0 fully saturated rings. The maximum absolute atomic E-state index is 12.4. The molecule has 0 atom stereocenters. The minimum Gasteiger partial charge on any atom is -0.402 e. The average molecular weight is 496 g/mol. The van der Waals surface area contributed by atoms with Gasteiger partial charge in [0.2, 0.25) is 11.8 Å². The molecule has 6 nitrogen and oxygen atoms in total. The van der Waals surface area contributed by atoms with Crippen LogP contribution in [0.5, 0.6) is 0 Å². The van der Waals surface area contributed by atoms with Gasteiger partial charge < -0.3 is 4.74 Å². The van der Waals surface area contributed by atoms with Gasteiger partial charge in [-0.25, -0.2) is 14.8 Å². The van der Waals surface area contributed by atoms with Gasteiger partial charge in [-0.05, 0) is 65.2 Å².